The van der Waals surface area contributed by atoms with E-state index in [4.69, 9.17) is 4.74 Å². The van der Waals surface area contributed by atoms with E-state index in [-0.39, 0.29) is 30.8 Å². The van der Waals surface area contributed by atoms with Crippen LogP contribution in [0.15, 0.2) is 54.6 Å². The summed E-state index contributed by atoms with van der Waals surface area (Å²) in [4.78, 5) is 22.2. The Hall–Kier alpha value is -2.42. The number of fused-ring (bicyclic) bond motifs is 1. The fourth-order valence-electron chi connectivity index (χ4n) is 3.10. The minimum atomic E-state index is -0.331. The molecule has 0 N–H and O–H groups in total. The normalized spacial score (nSPS) is 19.5. The number of ether oxygens (including phenoxy) is 1. The largest absolute Gasteiger partial charge is 0.461 e. The molecule has 111 valence electrons. The van der Waals surface area contributed by atoms with E-state index in [0.29, 0.717) is 6.42 Å². The maximum atomic E-state index is 11.9. The zero-order chi connectivity index (χ0) is 15.4. The molecular weight excluding hydrogens is 276 g/mol. The summed E-state index contributed by atoms with van der Waals surface area (Å²) in [5, 5.41) is 0. The van der Waals surface area contributed by atoms with Gasteiger partial charge in [-0.3, -0.25) is 9.59 Å². The molecule has 0 saturated carbocycles. The van der Waals surface area contributed by atoms with Crippen LogP contribution in [-0.2, 0) is 20.7 Å². The van der Waals surface area contributed by atoms with E-state index in [0.717, 1.165) is 5.56 Å². The molecule has 2 unspecified atom stereocenters. The molecule has 3 nitrogen and oxygen atoms in total. The summed E-state index contributed by atoms with van der Waals surface area (Å²) in [6.07, 6.45) is 2.42. The van der Waals surface area contributed by atoms with Gasteiger partial charge in [0.25, 0.3) is 0 Å². The quantitative estimate of drug-likeness (QED) is 0.795. The van der Waals surface area contributed by atoms with Gasteiger partial charge in [-0.2, -0.15) is 0 Å². The van der Waals surface area contributed by atoms with Crippen LogP contribution in [0, 0.1) is 0 Å². The zero-order valence-electron chi connectivity index (χ0n) is 12.2. The second kappa shape index (κ2) is 6.56. The molecule has 0 fully saturated rings. The standard InChI is InChI=1S/C19H17O3/c20-12-6-11-18(21)22-17-13-15-9-4-5-10-16(15)19(17)14-7-2-1-3-8-14/h1-5,7-10,17,19H,6,11,13H2. The number of carbonyl (C=O) groups excluding carboxylic acids is 2. The third kappa shape index (κ3) is 2.93. The first-order valence-electron chi connectivity index (χ1n) is 7.47. The van der Waals surface area contributed by atoms with Gasteiger partial charge in [0.1, 0.15) is 6.10 Å². The minimum Gasteiger partial charge on any atom is -0.461 e. The van der Waals surface area contributed by atoms with Crippen molar-refractivity contribution in [3.63, 3.8) is 0 Å². The topological polar surface area (TPSA) is 43.4 Å². The SMILES string of the molecule is O=[C]CCC(=O)OC1Cc2ccccc2C1c1ccccc1. The van der Waals surface area contributed by atoms with Crippen molar-refractivity contribution in [3.05, 3.63) is 71.3 Å². The van der Waals surface area contributed by atoms with Crippen molar-refractivity contribution in [2.45, 2.75) is 31.3 Å². The van der Waals surface area contributed by atoms with Gasteiger partial charge in [0.05, 0.1) is 6.42 Å². The maximum Gasteiger partial charge on any atom is 0.306 e. The molecule has 1 aliphatic carbocycles. The molecular formula is C19H17O3. The molecule has 0 bridgehead atoms. The van der Waals surface area contributed by atoms with Crippen molar-refractivity contribution in [2.24, 2.45) is 0 Å². The Morgan fingerprint density at radius 1 is 1.09 bits per heavy atom. The summed E-state index contributed by atoms with van der Waals surface area (Å²) in [6, 6.07) is 18.3. The van der Waals surface area contributed by atoms with Gasteiger partial charge in [0, 0.05) is 18.8 Å². The third-order valence-corrected chi connectivity index (χ3v) is 4.06. The molecule has 3 heteroatoms. The molecule has 0 saturated heterocycles. The Morgan fingerprint density at radius 2 is 1.82 bits per heavy atom. The highest BCUT2D eigenvalue weighted by atomic mass is 16.5. The van der Waals surface area contributed by atoms with Gasteiger partial charge in [-0.25, -0.2) is 0 Å². The van der Waals surface area contributed by atoms with Crippen LogP contribution in [0.25, 0.3) is 0 Å². The molecule has 0 spiro atoms. The molecule has 2 atom stereocenters. The van der Waals surface area contributed by atoms with E-state index in [1.165, 1.54) is 11.1 Å². The van der Waals surface area contributed by atoms with Gasteiger partial charge >= 0.3 is 5.97 Å². The average Bonchev–Trinajstić information content (AvgIpc) is 2.91. The van der Waals surface area contributed by atoms with E-state index < -0.39 is 0 Å². The highest BCUT2D eigenvalue weighted by Crippen LogP contribution is 2.39. The maximum absolute atomic E-state index is 11.9. The lowest BCUT2D eigenvalue weighted by Gasteiger charge is -2.21. The number of hydrogen-bond acceptors (Lipinski definition) is 3. The molecule has 0 amide bonds. The van der Waals surface area contributed by atoms with Crippen LogP contribution in [-0.4, -0.2) is 18.4 Å². The molecule has 2 aromatic rings. The smallest absolute Gasteiger partial charge is 0.306 e. The Labute approximate surface area is 129 Å². The van der Waals surface area contributed by atoms with Crippen molar-refractivity contribution in [1.29, 1.82) is 0 Å². The van der Waals surface area contributed by atoms with Crippen LogP contribution >= 0.6 is 0 Å². The van der Waals surface area contributed by atoms with E-state index in [1.807, 2.05) is 30.3 Å². The van der Waals surface area contributed by atoms with Crippen LogP contribution in [0.2, 0.25) is 0 Å². The summed E-state index contributed by atoms with van der Waals surface area (Å²) < 4.78 is 5.65. The summed E-state index contributed by atoms with van der Waals surface area (Å²) in [7, 11) is 0. The van der Waals surface area contributed by atoms with Crippen LogP contribution in [0.4, 0.5) is 0 Å². The summed E-state index contributed by atoms with van der Waals surface area (Å²) >= 11 is 0. The lowest BCUT2D eigenvalue weighted by atomic mass is 9.91. The molecule has 0 aliphatic heterocycles. The van der Waals surface area contributed by atoms with E-state index in [9.17, 15) is 9.59 Å². The van der Waals surface area contributed by atoms with E-state index in [2.05, 4.69) is 24.3 Å². The van der Waals surface area contributed by atoms with E-state index in [1.54, 1.807) is 6.29 Å². The van der Waals surface area contributed by atoms with Gasteiger partial charge in [0.15, 0.2) is 6.29 Å². The Kier molecular flexibility index (Phi) is 4.33. The Bertz CT molecular complexity index is 663. The van der Waals surface area contributed by atoms with Crippen molar-refractivity contribution in [1.82, 2.24) is 0 Å². The molecule has 3 rings (SSSR count). The van der Waals surface area contributed by atoms with Crippen LogP contribution in [0.5, 0.6) is 0 Å². The van der Waals surface area contributed by atoms with Gasteiger partial charge < -0.3 is 4.74 Å². The van der Waals surface area contributed by atoms with Crippen LogP contribution in [0.3, 0.4) is 0 Å². The molecule has 0 heterocycles. The second-order valence-corrected chi connectivity index (χ2v) is 5.46. The molecule has 22 heavy (non-hydrogen) atoms. The number of benzene rings is 2. The average molecular weight is 293 g/mol. The highest BCUT2D eigenvalue weighted by Gasteiger charge is 2.35. The van der Waals surface area contributed by atoms with Crippen LogP contribution < -0.4 is 0 Å². The van der Waals surface area contributed by atoms with Crippen LogP contribution in [0.1, 0.15) is 35.4 Å². The Balaban J connectivity index is 1.87. The Morgan fingerprint density at radius 3 is 2.59 bits per heavy atom. The van der Waals surface area contributed by atoms with Crippen molar-refractivity contribution >= 4 is 12.3 Å². The molecule has 0 aromatic heterocycles. The molecule has 1 aliphatic rings. The van der Waals surface area contributed by atoms with Crippen molar-refractivity contribution < 1.29 is 14.3 Å². The minimum absolute atomic E-state index is 0.0570. The first-order chi connectivity index (χ1) is 10.8. The number of esters is 1. The van der Waals surface area contributed by atoms with Gasteiger partial charge in [-0.05, 0) is 16.7 Å². The predicted octanol–water partition coefficient (Wildman–Crippen LogP) is 3.18. The molecule has 1 radical (unpaired) electrons. The monoisotopic (exact) mass is 293 g/mol. The first kappa shape index (κ1) is 14.5. The fourth-order valence-corrected chi connectivity index (χ4v) is 3.10. The van der Waals surface area contributed by atoms with Gasteiger partial charge in [0.2, 0.25) is 0 Å². The summed E-state index contributed by atoms with van der Waals surface area (Å²) in [5.74, 6) is -0.274. The lowest BCUT2D eigenvalue weighted by Crippen LogP contribution is -2.23. The van der Waals surface area contributed by atoms with E-state index >= 15 is 0 Å². The lowest BCUT2D eigenvalue weighted by molar-refractivity contribution is -0.149. The summed E-state index contributed by atoms with van der Waals surface area (Å²) in [6.45, 7) is 0. The first-order valence-corrected chi connectivity index (χ1v) is 7.47. The van der Waals surface area contributed by atoms with Gasteiger partial charge in [-0.1, -0.05) is 54.6 Å². The van der Waals surface area contributed by atoms with Crippen molar-refractivity contribution in [3.8, 4) is 0 Å². The summed E-state index contributed by atoms with van der Waals surface area (Å²) in [5.41, 5.74) is 3.58. The fraction of sp³-hybridized carbons (Fsp3) is 0.263. The second-order valence-electron chi connectivity index (χ2n) is 5.46. The zero-order valence-corrected chi connectivity index (χ0v) is 12.2. The number of rotatable bonds is 5. The van der Waals surface area contributed by atoms with Crippen molar-refractivity contribution in [2.75, 3.05) is 0 Å². The highest BCUT2D eigenvalue weighted by molar-refractivity contribution is 5.73. The number of carbonyl (C=O) groups is 1. The third-order valence-electron chi connectivity index (χ3n) is 4.06. The number of hydrogen-bond donors (Lipinski definition) is 0. The predicted molar refractivity (Wildman–Crippen MR) is 83.2 cm³/mol. The van der Waals surface area contributed by atoms with Gasteiger partial charge in [-0.15, -0.1) is 0 Å². The molecule has 2 aromatic carbocycles.